The number of hydrogen-bond acceptors (Lipinski definition) is 5. The van der Waals surface area contributed by atoms with E-state index in [0.29, 0.717) is 0 Å². The monoisotopic (exact) mass is 194 g/mol. The predicted molar refractivity (Wildman–Crippen MR) is 47.8 cm³/mol. The Labute approximate surface area is 80.3 Å². The molecule has 0 aromatic carbocycles. The van der Waals surface area contributed by atoms with Crippen molar-refractivity contribution in [2.24, 2.45) is 0 Å². The lowest BCUT2D eigenvalue weighted by atomic mass is 10.0. The number of nitrogens with zero attached hydrogens (tertiary/aromatic N) is 1. The minimum atomic E-state index is -0.906. The van der Waals surface area contributed by atoms with E-state index in [0.717, 1.165) is 5.56 Å². The summed E-state index contributed by atoms with van der Waals surface area (Å²) in [6.07, 6.45) is 3.29. The summed E-state index contributed by atoms with van der Waals surface area (Å²) < 4.78 is 0. The third-order valence-electron chi connectivity index (χ3n) is 2.10. The molecule has 1 aromatic rings. The number of pyridine rings is 1. The molecule has 0 radical (unpaired) electrons. The number of rotatable bonds is 2. The molecule has 2 atom stereocenters. The van der Waals surface area contributed by atoms with Crippen molar-refractivity contribution in [2.75, 3.05) is 0 Å². The van der Waals surface area contributed by atoms with Gasteiger partial charge in [-0.2, -0.15) is 5.53 Å². The van der Waals surface area contributed by atoms with Gasteiger partial charge in [-0.05, 0) is 11.6 Å². The van der Waals surface area contributed by atoms with Crippen molar-refractivity contribution in [1.29, 1.82) is 0 Å². The Morgan fingerprint density at radius 1 is 1.50 bits per heavy atom. The Morgan fingerprint density at radius 2 is 2.36 bits per heavy atom. The molecular formula is C8H10N4O2. The van der Waals surface area contributed by atoms with Gasteiger partial charge in [-0.15, -0.1) is 0 Å². The summed E-state index contributed by atoms with van der Waals surface area (Å²) in [4.78, 5) is 14.8. The number of aromatic nitrogens is 1. The molecule has 6 nitrogen and oxygen atoms in total. The van der Waals surface area contributed by atoms with Gasteiger partial charge in [-0.3, -0.25) is 9.78 Å². The van der Waals surface area contributed by atoms with E-state index < -0.39 is 12.0 Å². The second kappa shape index (κ2) is 3.70. The van der Waals surface area contributed by atoms with Gasteiger partial charge in [0.25, 0.3) is 0 Å². The largest absolute Gasteiger partial charge is 0.480 e. The third kappa shape index (κ3) is 1.58. The second-order valence-corrected chi connectivity index (χ2v) is 2.99. The van der Waals surface area contributed by atoms with Gasteiger partial charge in [0.05, 0.1) is 6.04 Å². The van der Waals surface area contributed by atoms with Crippen molar-refractivity contribution in [1.82, 2.24) is 21.4 Å². The highest BCUT2D eigenvalue weighted by Gasteiger charge is 2.33. The van der Waals surface area contributed by atoms with Crippen molar-refractivity contribution in [2.45, 2.75) is 12.1 Å². The van der Waals surface area contributed by atoms with Gasteiger partial charge in [0.15, 0.2) is 0 Å². The molecule has 2 heterocycles. The highest BCUT2D eigenvalue weighted by atomic mass is 16.4. The first-order valence-corrected chi connectivity index (χ1v) is 4.18. The van der Waals surface area contributed by atoms with Crippen LogP contribution in [0.3, 0.4) is 0 Å². The minimum absolute atomic E-state index is 0.304. The Hall–Kier alpha value is -1.50. The number of hydrogen-bond donors (Lipinski definition) is 4. The number of carboxylic acid groups (broad SMARTS) is 1. The van der Waals surface area contributed by atoms with E-state index in [2.05, 4.69) is 21.4 Å². The highest BCUT2D eigenvalue weighted by molar-refractivity contribution is 5.75. The number of aliphatic carboxylic acids is 1. The lowest BCUT2D eigenvalue weighted by molar-refractivity contribution is -0.139. The first-order valence-electron chi connectivity index (χ1n) is 4.18. The zero-order valence-corrected chi connectivity index (χ0v) is 7.27. The second-order valence-electron chi connectivity index (χ2n) is 2.99. The minimum Gasteiger partial charge on any atom is -0.480 e. The van der Waals surface area contributed by atoms with Crippen LogP contribution in [0.2, 0.25) is 0 Å². The maximum absolute atomic E-state index is 10.8. The fourth-order valence-electron chi connectivity index (χ4n) is 1.40. The molecule has 1 fully saturated rings. The summed E-state index contributed by atoms with van der Waals surface area (Å²) >= 11 is 0. The summed E-state index contributed by atoms with van der Waals surface area (Å²) in [6.45, 7) is 0. The van der Waals surface area contributed by atoms with Crippen molar-refractivity contribution in [3.8, 4) is 0 Å². The standard InChI is InChI=1S/C8H10N4O2/c13-8(14)7-6(10-12-11-7)5-2-1-3-9-4-5/h1-4,6-7,10-12H,(H,13,14). The summed E-state index contributed by atoms with van der Waals surface area (Å²) in [5.41, 5.74) is 8.86. The summed E-state index contributed by atoms with van der Waals surface area (Å²) in [6, 6.07) is 2.61. The van der Waals surface area contributed by atoms with Crippen LogP contribution in [0, 0.1) is 0 Å². The predicted octanol–water partition coefficient (Wildman–Crippen LogP) is -0.812. The van der Waals surface area contributed by atoms with Crippen LogP contribution in [-0.2, 0) is 4.79 Å². The molecule has 0 amide bonds. The lowest BCUT2D eigenvalue weighted by Crippen LogP contribution is -2.38. The molecule has 0 bridgehead atoms. The maximum Gasteiger partial charge on any atom is 0.324 e. The number of hydrazine groups is 2. The molecule has 1 aromatic heterocycles. The zero-order chi connectivity index (χ0) is 9.97. The Balaban J connectivity index is 2.22. The third-order valence-corrected chi connectivity index (χ3v) is 2.10. The van der Waals surface area contributed by atoms with Crippen LogP contribution >= 0.6 is 0 Å². The molecule has 4 N–H and O–H groups in total. The molecule has 1 aliphatic heterocycles. The molecule has 1 saturated heterocycles. The fraction of sp³-hybridized carbons (Fsp3) is 0.250. The van der Waals surface area contributed by atoms with E-state index in [1.807, 2.05) is 6.07 Å². The van der Waals surface area contributed by atoms with E-state index in [1.165, 1.54) is 0 Å². The molecule has 74 valence electrons. The molecule has 2 unspecified atom stereocenters. The highest BCUT2D eigenvalue weighted by Crippen LogP contribution is 2.17. The molecule has 2 rings (SSSR count). The number of carbonyl (C=O) groups is 1. The molecule has 0 spiro atoms. The van der Waals surface area contributed by atoms with Gasteiger partial charge in [-0.1, -0.05) is 6.07 Å². The van der Waals surface area contributed by atoms with Crippen molar-refractivity contribution < 1.29 is 9.90 Å². The van der Waals surface area contributed by atoms with Crippen molar-refractivity contribution >= 4 is 5.97 Å². The number of carboxylic acids is 1. The topological polar surface area (TPSA) is 86.3 Å². The van der Waals surface area contributed by atoms with Gasteiger partial charge in [-0.25, -0.2) is 10.9 Å². The molecule has 0 saturated carbocycles. The Kier molecular flexibility index (Phi) is 2.40. The maximum atomic E-state index is 10.8. The van der Waals surface area contributed by atoms with E-state index in [4.69, 9.17) is 5.11 Å². The van der Waals surface area contributed by atoms with Gasteiger partial charge in [0, 0.05) is 12.4 Å². The average molecular weight is 194 g/mol. The van der Waals surface area contributed by atoms with E-state index in [9.17, 15) is 4.79 Å². The van der Waals surface area contributed by atoms with Crippen LogP contribution in [0.4, 0.5) is 0 Å². The van der Waals surface area contributed by atoms with Gasteiger partial charge in [0.1, 0.15) is 6.04 Å². The molecule has 0 aliphatic carbocycles. The van der Waals surface area contributed by atoms with Crippen LogP contribution < -0.4 is 16.4 Å². The summed E-state index contributed by atoms with van der Waals surface area (Å²) in [5, 5.41) is 8.88. The van der Waals surface area contributed by atoms with Crippen LogP contribution in [0.25, 0.3) is 0 Å². The first-order chi connectivity index (χ1) is 6.79. The van der Waals surface area contributed by atoms with Crippen LogP contribution in [0.1, 0.15) is 11.6 Å². The summed E-state index contributed by atoms with van der Waals surface area (Å²) in [5.74, 6) is -0.906. The van der Waals surface area contributed by atoms with Crippen LogP contribution in [0.15, 0.2) is 24.5 Å². The van der Waals surface area contributed by atoms with Crippen LogP contribution in [0.5, 0.6) is 0 Å². The Bertz CT molecular complexity index is 329. The molecule has 14 heavy (non-hydrogen) atoms. The van der Waals surface area contributed by atoms with E-state index >= 15 is 0 Å². The Morgan fingerprint density at radius 3 is 3.00 bits per heavy atom. The molecule has 6 heteroatoms. The van der Waals surface area contributed by atoms with Gasteiger partial charge in [0.2, 0.25) is 0 Å². The quantitative estimate of drug-likeness (QED) is 0.492. The van der Waals surface area contributed by atoms with E-state index in [1.54, 1.807) is 18.5 Å². The smallest absolute Gasteiger partial charge is 0.324 e. The lowest BCUT2D eigenvalue weighted by Gasteiger charge is -2.13. The van der Waals surface area contributed by atoms with Crippen LogP contribution in [-0.4, -0.2) is 22.1 Å². The molecule has 1 aliphatic rings. The van der Waals surface area contributed by atoms with E-state index in [-0.39, 0.29) is 6.04 Å². The summed E-state index contributed by atoms with van der Waals surface area (Å²) in [7, 11) is 0. The number of nitrogens with one attached hydrogen (secondary N) is 3. The van der Waals surface area contributed by atoms with Crippen molar-refractivity contribution in [3.63, 3.8) is 0 Å². The molecular weight excluding hydrogens is 184 g/mol. The fourth-order valence-corrected chi connectivity index (χ4v) is 1.40. The SMILES string of the molecule is O=C(O)C1NNNC1c1cccnc1. The average Bonchev–Trinajstić information content (AvgIpc) is 2.67. The van der Waals surface area contributed by atoms with Crippen molar-refractivity contribution in [3.05, 3.63) is 30.1 Å². The zero-order valence-electron chi connectivity index (χ0n) is 7.27. The first kappa shape index (κ1) is 9.07. The van der Waals surface area contributed by atoms with Gasteiger partial charge >= 0.3 is 5.97 Å². The van der Waals surface area contributed by atoms with Gasteiger partial charge < -0.3 is 5.11 Å². The normalized spacial score (nSPS) is 26.3.